The Hall–Kier alpha value is -1.72. The van der Waals surface area contributed by atoms with Gasteiger partial charge in [0, 0.05) is 0 Å². The third kappa shape index (κ3) is 2.51. The minimum Gasteiger partial charge on any atom is -0.490 e. The van der Waals surface area contributed by atoms with Crippen molar-refractivity contribution in [2.24, 2.45) is 0 Å². The van der Waals surface area contributed by atoms with Gasteiger partial charge in [0.25, 0.3) is 0 Å². The van der Waals surface area contributed by atoms with Crippen LogP contribution in [0.15, 0.2) is 18.2 Å². The first-order valence-corrected chi connectivity index (χ1v) is 5.00. The number of halogens is 3. The first-order valence-electron chi connectivity index (χ1n) is 5.00. The molecule has 1 saturated carbocycles. The number of hydrogen-bond acceptors (Lipinski definition) is 2. The lowest BCUT2D eigenvalue weighted by Crippen LogP contribution is -2.15. The zero-order valence-corrected chi connectivity index (χ0v) is 8.62. The van der Waals surface area contributed by atoms with Crippen molar-refractivity contribution in [3.63, 3.8) is 0 Å². The zero-order valence-electron chi connectivity index (χ0n) is 8.62. The number of benzene rings is 1. The Morgan fingerprint density at radius 3 is 2.47 bits per heavy atom. The molecule has 0 bridgehead atoms. The molecule has 0 radical (unpaired) electrons. The van der Waals surface area contributed by atoms with Crippen molar-refractivity contribution in [3.8, 4) is 5.75 Å². The molecule has 6 heteroatoms. The Balaban J connectivity index is 2.49. The molecular weight excluding hydrogens is 237 g/mol. The van der Waals surface area contributed by atoms with Gasteiger partial charge < -0.3 is 9.84 Å². The summed E-state index contributed by atoms with van der Waals surface area (Å²) in [6, 6.07) is 3.31. The fourth-order valence-corrected chi connectivity index (χ4v) is 1.47. The van der Waals surface area contributed by atoms with Crippen molar-refractivity contribution in [2.45, 2.75) is 25.1 Å². The van der Waals surface area contributed by atoms with Crippen molar-refractivity contribution in [3.05, 3.63) is 29.3 Å². The molecule has 0 heterocycles. The maximum atomic E-state index is 12.8. The predicted octanol–water partition coefficient (Wildman–Crippen LogP) is 2.94. The van der Waals surface area contributed by atoms with E-state index in [9.17, 15) is 18.0 Å². The molecule has 0 saturated heterocycles. The number of aromatic carboxylic acids is 1. The van der Waals surface area contributed by atoms with Crippen molar-refractivity contribution >= 4 is 5.97 Å². The highest BCUT2D eigenvalue weighted by Crippen LogP contribution is 2.40. The fourth-order valence-electron chi connectivity index (χ4n) is 1.47. The summed E-state index contributed by atoms with van der Waals surface area (Å²) in [5, 5.41) is 8.75. The number of carbonyl (C=O) groups is 1. The summed E-state index contributed by atoms with van der Waals surface area (Å²) in [4.78, 5) is 10.8. The van der Waals surface area contributed by atoms with Gasteiger partial charge in [0.05, 0.1) is 11.7 Å². The molecule has 0 aromatic heterocycles. The summed E-state index contributed by atoms with van der Waals surface area (Å²) in [6.07, 6.45) is -3.55. The largest absolute Gasteiger partial charge is 0.490 e. The lowest BCUT2D eigenvalue weighted by Gasteiger charge is -2.15. The van der Waals surface area contributed by atoms with Crippen LogP contribution >= 0.6 is 0 Å². The average Bonchev–Trinajstić information content (AvgIpc) is 2.99. The molecule has 1 aromatic rings. The second-order valence-corrected chi connectivity index (χ2v) is 3.80. The number of alkyl halides is 3. The molecule has 92 valence electrons. The summed E-state index contributed by atoms with van der Waals surface area (Å²) < 4.78 is 43.5. The minimum absolute atomic E-state index is 0.222. The number of rotatable bonds is 3. The van der Waals surface area contributed by atoms with E-state index in [-0.39, 0.29) is 6.10 Å². The molecule has 1 aliphatic rings. The average molecular weight is 246 g/mol. The van der Waals surface area contributed by atoms with Gasteiger partial charge in [-0.05, 0) is 25.0 Å². The van der Waals surface area contributed by atoms with E-state index in [0.29, 0.717) is 12.8 Å². The molecule has 1 aliphatic carbocycles. The molecule has 0 unspecified atom stereocenters. The molecule has 0 atom stereocenters. The van der Waals surface area contributed by atoms with E-state index in [0.717, 1.165) is 12.1 Å². The van der Waals surface area contributed by atoms with Crippen LogP contribution in [-0.2, 0) is 6.18 Å². The lowest BCUT2D eigenvalue weighted by atomic mass is 10.1. The fraction of sp³-hybridized carbons (Fsp3) is 0.364. The van der Waals surface area contributed by atoms with Gasteiger partial charge >= 0.3 is 12.1 Å². The smallest absolute Gasteiger partial charge is 0.420 e. The van der Waals surface area contributed by atoms with Crippen LogP contribution in [-0.4, -0.2) is 17.2 Å². The van der Waals surface area contributed by atoms with E-state index in [2.05, 4.69) is 0 Å². The zero-order chi connectivity index (χ0) is 12.6. The van der Waals surface area contributed by atoms with Crippen LogP contribution in [0.4, 0.5) is 13.2 Å². The van der Waals surface area contributed by atoms with Crippen LogP contribution < -0.4 is 4.74 Å². The van der Waals surface area contributed by atoms with Crippen LogP contribution in [0.5, 0.6) is 5.75 Å². The highest BCUT2D eigenvalue weighted by molar-refractivity contribution is 5.90. The Morgan fingerprint density at radius 1 is 1.35 bits per heavy atom. The van der Waals surface area contributed by atoms with Crippen LogP contribution in [0.25, 0.3) is 0 Å². The Morgan fingerprint density at radius 2 is 2.00 bits per heavy atom. The van der Waals surface area contributed by atoms with Crippen LogP contribution in [0, 0.1) is 0 Å². The van der Waals surface area contributed by atoms with E-state index < -0.39 is 29.0 Å². The second kappa shape index (κ2) is 3.94. The lowest BCUT2D eigenvalue weighted by molar-refractivity contribution is -0.139. The number of ether oxygens (including phenoxy) is 1. The van der Waals surface area contributed by atoms with Crippen LogP contribution in [0.1, 0.15) is 28.8 Å². The quantitative estimate of drug-likeness (QED) is 0.891. The Kier molecular flexibility index (Phi) is 2.73. The standard InChI is InChI=1S/C11H9F3O3/c12-11(13,14)9-7(10(15)16)2-1-3-8(9)17-6-4-5-6/h1-3,6H,4-5H2,(H,15,16). The van der Waals surface area contributed by atoms with Gasteiger partial charge in [-0.25, -0.2) is 4.79 Å². The van der Waals surface area contributed by atoms with E-state index in [4.69, 9.17) is 9.84 Å². The maximum absolute atomic E-state index is 12.8. The summed E-state index contributed by atoms with van der Waals surface area (Å²) >= 11 is 0. The molecule has 1 N–H and O–H groups in total. The molecule has 0 aliphatic heterocycles. The first kappa shape index (κ1) is 11.8. The van der Waals surface area contributed by atoms with Crippen molar-refractivity contribution < 1.29 is 27.8 Å². The SMILES string of the molecule is O=C(O)c1cccc(OC2CC2)c1C(F)(F)F. The van der Waals surface area contributed by atoms with Gasteiger partial charge in [-0.3, -0.25) is 0 Å². The monoisotopic (exact) mass is 246 g/mol. The van der Waals surface area contributed by atoms with Gasteiger partial charge in [0.2, 0.25) is 0 Å². The third-order valence-electron chi connectivity index (χ3n) is 2.36. The highest BCUT2D eigenvalue weighted by atomic mass is 19.4. The van der Waals surface area contributed by atoms with E-state index >= 15 is 0 Å². The summed E-state index contributed by atoms with van der Waals surface area (Å²) in [5.41, 5.74) is -1.99. The Bertz CT molecular complexity index is 450. The number of hydrogen-bond donors (Lipinski definition) is 1. The molecule has 0 amide bonds. The van der Waals surface area contributed by atoms with Gasteiger partial charge in [-0.1, -0.05) is 6.07 Å². The summed E-state index contributed by atoms with van der Waals surface area (Å²) in [6.45, 7) is 0. The number of carboxylic acid groups (broad SMARTS) is 1. The topological polar surface area (TPSA) is 46.5 Å². The minimum atomic E-state index is -4.74. The molecule has 3 nitrogen and oxygen atoms in total. The highest BCUT2D eigenvalue weighted by Gasteiger charge is 2.40. The third-order valence-corrected chi connectivity index (χ3v) is 2.36. The Labute approximate surface area is 94.8 Å². The predicted molar refractivity (Wildman–Crippen MR) is 52.1 cm³/mol. The van der Waals surface area contributed by atoms with E-state index in [1.165, 1.54) is 6.07 Å². The second-order valence-electron chi connectivity index (χ2n) is 3.80. The molecular formula is C11H9F3O3. The van der Waals surface area contributed by atoms with Crippen molar-refractivity contribution in [1.82, 2.24) is 0 Å². The molecule has 0 spiro atoms. The van der Waals surface area contributed by atoms with Gasteiger partial charge in [-0.2, -0.15) is 13.2 Å². The van der Waals surface area contributed by atoms with Gasteiger partial charge in [0.15, 0.2) is 0 Å². The molecule has 2 rings (SSSR count). The maximum Gasteiger partial charge on any atom is 0.420 e. The normalized spacial score (nSPS) is 15.7. The van der Waals surface area contributed by atoms with Crippen molar-refractivity contribution in [1.29, 1.82) is 0 Å². The summed E-state index contributed by atoms with van der Waals surface area (Å²) in [5.74, 6) is -2.02. The molecule has 1 fully saturated rings. The van der Waals surface area contributed by atoms with Gasteiger partial charge in [-0.15, -0.1) is 0 Å². The molecule has 1 aromatic carbocycles. The first-order chi connectivity index (χ1) is 7.89. The molecule has 17 heavy (non-hydrogen) atoms. The van der Waals surface area contributed by atoms with Crippen LogP contribution in [0.3, 0.4) is 0 Å². The summed E-state index contributed by atoms with van der Waals surface area (Å²) in [7, 11) is 0. The van der Waals surface area contributed by atoms with E-state index in [1.807, 2.05) is 0 Å². The van der Waals surface area contributed by atoms with E-state index in [1.54, 1.807) is 0 Å². The van der Waals surface area contributed by atoms with Crippen LogP contribution in [0.2, 0.25) is 0 Å². The van der Waals surface area contributed by atoms with Crippen molar-refractivity contribution in [2.75, 3.05) is 0 Å². The van der Waals surface area contributed by atoms with Gasteiger partial charge in [0.1, 0.15) is 11.3 Å². The number of carboxylic acids is 1.